The van der Waals surface area contributed by atoms with E-state index in [9.17, 15) is 9.35 Å². The van der Waals surface area contributed by atoms with Gasteiger partial charge in [-0.2, -0.15) is 0 Å². The Balaban J connectivity index is 2.41. The SMILES string of the molecule is C[C@H](N[S+]([O-])C(C)(C)C)C1CCN(NC(=O)OC(C)(C)C)C1. The summed E-state index contributed by atoms with van der Waals surface area (Å²) >= 11 is -1.08. The number of nitrogens with zero attached hydrogens (tertiary/aromatic N) is 1. The van der Waals surface area contributed by atoms with Crippen LogP contribution < -0.4 is 10.1 Å². The van der Waals surface area contributed by atoms with Gasteiger partial charge >= 0.3 is 6.09 Å². The van der Waals surface area contributed by atoms with Crippen LogP contribution in [-0.2, 0) is 16.1 Å². The third-order valence-corrected chi connectivity index (χ3v) is 5.13. The quantitative estimate of drug-likeness (QED) is 0.771. The third-order valence-electron chi connectivity index (χ3n) is 3.43. The molecule has 0 radical (unpaired) electrons. The molecule has 7 heteroatoms. The first kappa shape index (κ1) is 19.5. The number of carbonyl (C=O) groups excluding carboxylic acids is 1. The van der Waals surface area contributed by atoms with Gasteiger partial charge < -0.3 is 9.29 Å². The lowest BCUT2D eigenvalue weighted by molar-refractivity contribution is 0.0359. The van der Waals surface area contributed by atoms with E-state index in [1.807, 2.05) is 53.5 Å². The Hall–Kier alpha value is -0.500. The van der Waals surface area contributed by atoms with Crippen LogP contribution in [0.5, 0.6) is 0 Å². The van der Waals surface area contributed by atoms with Crippen molar-refractivity contribution in [1.82, 2.24) is 15.2 Å². The van der Waals surface area contributed by atoms with E-state index in [0.29, 0.717) is 5.92 Å². The Morgan fingerprint density at radius 1 is 1.32 bits per heavy atom. The van der Waals surface area contributed by atoms with Crippen LogP contribution in [0.2, 0.25) is 0 Å². The first-order valence-electron chi connectivity index (χ1n) is 7.81. The average Bonchev–Trinajstić information content (AvgIpc) is 2.73. The van der Waals surface area contributed by atoms with Gasteiger partial charge in [-0.05, 0) is 60.8 Å². The second-order valence-corrected chi connectivity index (χ2v) is 9.89. The number of ether oxygens (including phenoxy) is 1. The van der Waals surface area contributed by atoms with Gasteiger partial charge in [0.1, 0.15) is 10.3 Å². The van der Waals surface area contributed by atoms with Crippen LogP contribution in [0.3, 0.4) is 0 Å². The molecule has 3 atom stereocenters. The van der Waals surface area contributed by atoms with Crippen molar-refractivity contribution in [2.24, 2.45) is 5.92 Å². The molecule has 0 spiro atoms. The van der Waals surface area contributed by atoms with Gasteiger partial charge in [0.2, 0.25) is 0 Å². The van der Waals surface area contributed by atoms with Crippen molar-refractivity contribution in [3.63, 3.8) is 0 Å². The van der Waals surface area contributed by atoms with Gasteiger partial charge in [-0.1, -0.05) is 0 Å². The maximum atomic E-state index is 12.1. The fraction of sp³-hybridized carbons (Fsp3) is 0.933. The van der Waals surface area contributed by atoms with Gasteiger partial charge in [-0.15, -0.1) is 4.72 Å². The lowest BCUT2D eigenvalue weighted by Crippen LogP contribution is -2.48. The summed E-state index contributed by atoms with van der Waals surface area (Å²) in [5.41, 5.74) is 2.27. The number of carbonyl (C=O) groups is 1. The number of hydrogen-bond donors (Lipinski definition) is 2. The summed E-state index contributed by atoms with van der Waals surface area (Å²) in [6, 6.07) is 0.130. The van der Waals surface area contributed by atoms with Gasteiger partial charge in [-0.3, -0.25) is 5.43 Å². The predicted molar refractivity (Wildman–Crippen MR) is 89.5 cm³/mol. The van der Waals surface area contributed by atoms with Crippen molar-refractivity contribution in [3.05, 3.63) is 0 Å². The highest BCUT2D eigenvalue weighted by Crippen LogP contribution is 2.21. The van der Waals surface area contributed by atoms with Crippen molar-refractivity contribution in [2.75, 3.05) is 13.1 Å². The minimum Gasteiger partial charge on any atom is -0.598 e. The van der Waals surface area contributed by atoms with E-state index in [-0.39, 0.29) is 10.8 Å². The minimum absolute atomic E-state index is 0.130. The molecule has 0 aromatic carbocycles. The van der Waals surface area contributed by atoms with Gasteiger partial charge in [0, 0.05) is 24.5 Å². The van der Waals surface area contributed by atoms with Crippen LogP contribution in [0.25, 0.3) is 0 Å². The number of rotatable bonds is 4. The zero-order chi connectivity index (χ0) is 17.1. The van der Waals surface area contributed by atoms with Gasteiger partial charge in [0.05, 0.1) is 6.04 Å². The minimum atomic E-state index is -1.08. The molecule has 1 aliphatic heterocycles. The molecule has 130 valence electrons. The second kappa shape index (κ2) is 7.38. The Labute approximate surface area is 137 Å². The Morgan fingerprint density at radius 3 is 2.41 bits per heavy atom. The molecule has 1 rings (SSSR count). The molecule has 0 aromatic heterocycles. The Morgan fingerprint density at radius 2 is 1.91 bits per heavy atom. The average molecular weight is 333 g/mol. The summed E-state index contributed by atoms with van der Waals surface area (Å²) in [7, 11) is 0. The van der Waals surface area contributed by atoms with Gasteiger partial charge in [0.25, 0.3) is 0 Å². The summed E-state index contributed by atoms with van der Waals surface area (Å²) in [6.45, 7) is 14.9. The largest absolute Gasteiger partial charge is 0.598 e. The van der Waals surface area contributed by atoms with E-state index in [0.717, 1.165) is 19.5 Å². The van der Waals surface area contributed by atoms with Crippen molar-refractivity contribution in [2.45, 2.75) is 71.3 Å². The lowest BCUT2D eigenvalue weighted by atomic mass is 10.0. The molecule has 1 heterocycles. The molecule has 22 heavy (non-hydrogen) atoms. The van der Waals surface area contributed by atoms with Crippen molar-refractivity contribution >= 4 is 17.5 Å². The van der Waals surface area contributed by atoms with Crippen LogP contribution in [-0.4, -0.2) is 45.1 Å². The summed E-state index contributed by atoms with van der Waals surface area (Å²) in [6.07, 6.45) is 0.526. The molecule has 2 N–H and O–H groups in total. The van der Waals surface area contributed by atoms with E-state index in [4.69, 9.17) is 4.74 Å². The van der Waals surface area contributed by atoms with Gasteiger partial charge in [0.15, 0.2) is 0 Å². The predicted octanol–water partition coefficient (Wildman–Crippen LogP) is 2.19. The highest BCUT2D eigenvalue weighted by molar-refractivity contribution is 7.90. The fourth-order valence-corrected chi connectivity index (χ4v) is 3.05. The Bertz CT molecular complexity index is 379. The molecule has 0 aliphatic carbocycles. The molecule has 1 aliphatic rings. The van der Waals surface area contributed by atoms with E-state index in [1.165, 1.54) is 0 Å². The molecule has 0 saturated carbocycles. The molecule has 1 saturated heterocycles. The van der Waals surface area contributed by atoms with Gasteiger partial charge in [-0.25, -0.2) is 9.80 Å². The molecule has 1 amide bonds. The van der Waals surface area contributed by atoms with Crippen LogP contribution in [0.15, 0.2) is 0 Å². The number of nitrogens with one attached hydrogen (secondary N) is 2. The summed E-state index contributed by atoms with van der Waals surface area (Å²) in [5.74, 6) is 0.348. The molecule has 0 aromatic rings. The second-order valence-electron chi connectivity index (χ2n) is 7.90. The van der Waals surface area contributed by atoms with E-state index < -0.39 is 23.1 Å². The number of hydrogen-bond acceptors (Lipinski definition) is 5. The standard InChI is InChI=1S/C15H31N3O3S/c1-11(17-22(20)15(5,6)7)12-8-9-18(10-12)16-13(19)21-14(2,3)4/h11-12,17H,8-10H2,1-7H3,(H,16,19)/t11-,12?,22?/m0/s1. The van der Waals surface area contributed by atoms with Crippen LogP contribution in [0.4, 0.5) is 4.79 Å². The first-order valence-corrected chi connectivity index (χ1v) is 8.96. The summed E-state index contributed by atoms with van der Waals surface area (Å²) < 4.78 is 20.3. The topological polar surface area (TPSA) is 76.7 Å². The molecule has 6 nitrogen and oxygen atoms in total. The maximum absolute atomic E-state index is 12.1. The third kappa shape index (κ3) is 6.73. The van der Waals surface area contributed by atoms with E-state index in [2.05, 4.69) is 10.1 Å². The van der Waals surface area contributed by atoms with Crippen LogP contribution in [0, 0.1) is 5.92 Å². The van der Waals surface area contributed by atoms with Crippen molar-refractivity contribution in [3.8, 4) is 0 Å². The molecular formula is C15H31N3O3S. The van der Waals surface area contributed by atoms with Crippen LogP contribution >= 0.6 is 0 Å². The maximum Gasteiger partial charge on any atom is 0.422 e. The Kier molecular flexibility index (Phi) is 6.56. The number of amides is 1. The molecule has 0 bridgehead atoms. The monoisotopic (exact) mass is 333 g/mol. The normalized spacial score (nSPS) is 23.2. The van der Waals surface area contributed by atoms with E-state index >= 15 is 0 Å². The first-order chi connectivity index (χ1) is 9.88. The lowest BCUT2D eigenvalue weighted by Gasteiger charge is -2.29. The fourth-order valence-electron chi connectivity index (χ4n) is 2.17. The smallest absolute Gasteiger partial charge is 0.422 e. The van der Waals surface area contributed by atoms with Crippen molar-refractivity contribution < 1.29 is 14.1 Å². The summed E-state index contributed by atoms with van der Waals surface area (Å²) in [4.78, 5) is 11.8. The zero-order valence-electron chi connectivity index (χ0n) is 14.9. The molecular weight excluding hydrogens is 302 g/mol. The van der Waals surface area contributed by atoms with Crippen LogP contribution in [0.1, 0.15) is 54.9 Å². The highest BCUT2D eigenvalue weighted by atomic mass is 32.2. The van der Waals surface area contributed by atoms with E-state index in [1.54, 1.807) is 0 Å². The van der Waals surface area contributed by atoms with Crippen molar-refractivity contribution in [1.29, 1.82) is 0 Å². The molecule has 2 unspecified atom stereocenters. The highest BCUT2D eigenvalue weighted by Gasteiger charge is 2.34. The zero-order valence-corrected chi connectivity index (χ0v) is 15.7. The summed E-state index contributed by atoms with van der Waals surface area (Å²) in [5, 5.41) is 1.87. The number of hydrazine groups is 1. The molecule has 1 fully saturated rings.